The van der Waals surface area contributed by atoms with Gasteiger partial charge in [0.25, 0.3) is 0 Å². The van der Waals surface area contributed by atoms with Crippen LogP contribution < -0.4 is 15.4 Å². The van der Waals surface area contributed by atoms with E-state index in [1.807, 2.05) is 61.5 Å². The molecule has 0 aliphatic carbocycles. The van der Waals surface area contributed by atoms with Gasteiger partial charge in [0.15, 0.2) is 0 Å². The number of hydrogen-bond donors (Lipinski definition) is 2. The van der Waals surface area contributed by atoms with E-state index >= 15 is 0 Å². The van der Waals surface area contributed by atoms with Crippen molar-refractivity contribution in [3.8, 4) is 5.75 Å². The van der Waals surface area contributed by atoms with E-state index in [2.05, 4.69) is 10.6 Å². The van der Waals surface area contributed by atoms with Crippen molar-refractivity contribution in [3.05, 3.63) is 65.7 Å². The first-order chi connectivity index (χ1) is 19.4. The van der Waals surface area contributed by atoms with Crippen LogP contribution in [-0.2, 0) is 36.8 Å². The lowest BCUT2D eigenvalue weighted by Crippen LogP contribution is -2.56. The Hall–Kier alpha value is -3.88. The average Bonchev–Trinajstić information content (AvgIpc) is 3.30. The van der Waals surface area contributed by atoms with Crippen LogP contribution in [0.4, 0.5) is 0 Å². The van der Waals surface area contributed by atoms with Gasteiger partial charge in [-0.25, -0.2) is 4.79 Å². The summed E-state index contributed by atoms with van der Waals surface area (Å²) < 4.78 is 10.9. The number of likely N-dealkylation sites (tertiary alicyclic amines) is 1. The van der Waals surface area contributed by atoms with Crippen molar-refractivity contribution in [1.82, 2.24) is 15.5 Å². The number of ether oxygens (including phenoxy) is 2. The first-order valence-electron chi connectivity index (χ1n) is 14.1. The van der Waals surface area contributed by atoms with Crippen LogP contribution in [0.3, 0.4) is 0 Å². The van der Waals surface area contributed by atoms with Gasteiger partial charge in [0, 0.05) is 18.9 Å². The molecule has 2 N–H and O–H groups in total. The fourth-order valence-corrected chi connectivity index (χ4v) is 5.29. The minimum atomic E-state index is -0.903. The number of benzene rings is 2. The Bertz CT molecular complexity index is 1190. The number of rotatable bonds is 5. The zero-order valence-corrected chi connectivity index (χ0v) is 23.3. The van der Waals surface area contributed by atoms with Crippen LogP contribution in [0.1, 0.15) is 50.2 Å². The van der Waals surface area contributed by atoms with E-state index < -0.39 is 35.9 Å². The lowest BCUT2D eigenvalue weighted by molar-refractivity contribution is -0.146. The maximum atomic E-state index is 13.9. The van der Waals surface area contributed by atoms with Gasteiger partial charge in [-0.2, -0.15) is 0 Å². The zero-order chi connectivity index (χ0) is 28.5. The minimum Gasteiger partial charge on any atom is -0.494 e. The lowest BCUT2D eigenvalue weighted by Gasteiger charge is -2.30. The molecule has 2 aliphatic heterocycles. The summed E-state index contributed by atoms with van der Waals surface area (Å²) in [4.78, 5) is 54.6. The molecule has 2 aromatic carbocycles. The molecule has 4 atom stereocenters. The summed E-state index contributed by atoms with van der Waals surface area (Å²) in [6.45, 7) is 2.78. The molecule has 1 fully saturated rings. The third-order valence-electron chi connectivity index (χ3n) is 7.67. The SMILES string of the molecule is COC(=O)[C@@H]1CCCCOc2cccc(c2)C[C@H](N2CCC(C)C2=O)C(=O)N[C@@H](CCc2ccccc2)C(=O)N1. The van der Waals surface area contributed by atoms with E-state index in [-0.39, 0.29) is 11.8 Å². The zero-order valence-electron chi connectivity index (χ0n) is 23.3. The number of carbonyl (C=O) groups is 4. The van der Waals surface area contributed by atoms with Gasteiger partial charge in [-0.3, -0.25) is 14.4 Å². The lowest BCUT2D eigenvalue weighted by atomic mass is 10.0. The molecule has 4 rings (SSSR count). The molecule has 0 radical (unpaired) electrons. The summed E-state index contributed by atoms with van der Waals surface area (Å²) in [6.07, 6.45) is 3.54. The van der Waals surface area contributed by atoms with Gasteiger partial charge in [0.05, 0.1) is 13.7 Å². The molecular formula is C31H39N3O6. The quantitative estimate of drug-likeness (QED) is 0.555. The molecule has 0 saturated carbocycles. The summed E-state index contributed by atoms with van der Waals surface area (Å²) in [5.41, 5.74) is 1.89. The maximum Gasteiger partial charge on any atom is 0.328 e. The molecule has 0 aromatic heterocycles. The Morgan fingerprint density at radius 3 is 2.52 bits per heavy atom. The molecule has 1 unspecified atom stereocenters. The summed E-state index contributed by atoms with van der Waals surface area (Å²) in [6, 6.07) is 14.7. The van der Waals surface area contributed by atoms with Gasteiger partial charge in [-0.05, 0) is 61.8 Å². The minimum absolute atomic E-state index is 0.0713. The number of nitrogens with one attached hydrogen (secondary N) is 2. The predicted octanol–water partition coefficient (Wildman–Crippen LogP) is 2.80. The van der Waals surface area contributed by atoms with Crippen molar-refractivity contribution >= 4 is 23.7 Å². The highest BCUT2D eigenvalue weighted by atomic mass is 16.5. The topological polar surface area (TPSA) is 114 Å². The second-order valence-corrected chi connectivity index (χ2v) is 10.6. The summed E-state index contributed by atoms with van der Waals surface area (Å²) >= 11 is 0. The van der Waals surface area contributed by atoms with Crippen molar-refractivity contribution in [2.45, 2.75) is 70.0 Å². The number of nitrogens with zero attached hydrogens (tertiary/aromatic N) is 1. The monoisotopic (exact) mass is 549 g/mol. The molecule has 2 aromatic rings. The molecule has 40 heavy (non-hydrogen) atoms. The number of methoxy groups -OCH3 is 1. The molecule has 9 nitrogen and oxygen atoms in total. The Morgan fingerprint density at radius 2 is 1.80 bits per heavy atom. The molecule has 3 amide bonds. The average molecular weight is 550 g/mol. The van der Waals surface area contributed by atoms with Gasteiger partial charge in [0.1, 0.15) is 23.9 Å². The predicted molar refractivity (Wildman–Crippen MR) is 149 cm³/mol. The molecule has 214 valence electrons. The highest BCUT2D eigenvalue weighted by Crippen LogP contribution is 2.24. The molecular weight excluding hydrogens is 510 g/mol. The Morgan fingerprint density at radius 1 is 1.00 bits per heavy atom. The number of fused-ring (bicyclic) bond motifs is 2. The first-order valence-corrected chi connectivity index (χ1v) is 14.1. The van der Waals surface area contributed by atoms with Crippen molar-refractivity contribution in [2.75, 3.05) is 20.3 Å². The standard InChI is InChI=1S/C31H39N3O6/c1-21-16-17-34(30(21)37)27-20-23-11-8-12-24(19-23)40-18-7-6-13-26(31(38)39-2)33-28(35)25(32-29(27)36)15-14-22-9-4-3-5-10-22/h3-5,8-12,19,21,25-27H,6-7,13-18,20H2,1-2H3,(H,32,36)(H,33,35)/t21?,25-,26-,27-/m0/s1. The highest BCUT2D eigenvalue weighted by molar-refractivity contribution is 5.94. The van der Waals surface area contributed by atoms with Crippen LogP contribution >= 0.6 is 0 Å². The number of aryl methyl sites for hydroxylation is 1. The van der Waals surface area contributed by atoms with Crippen molar-refractivity contribution < 1.29 is 28.7 Å². The maximum absolute atomic E-state index is 13.9. The van der Waals surface area contributed by atoms with E-state index in [4.69, 9.17) is 9.47 Å². The highest BCUT2D eigenvalue weighted by Gasteiger charge is 2.38. The molecule has 2 aliphatic rings. The van der Waals surface area contributed by atoms with Crippen LogP contribution in [0.25, 0.3) is 0 Å². The van der Waals surface area contributed by atoms with Crippen molar-refractivity contribution in [2.24, 2.45) is 5.92 Å². The van der Waals surface area contributed by atoms with Crippen molar-refractivity contribution in [1.29, 1.82) is 0 Å². The molecule has 1 saturated heterocycles. The number of hydrogen-bond acceptors (Lipinski definition) is 6. The van der Waals surface area contributed by atoms with Crippen LogP contribution in [0.15, 0.2) is 54.6 Å². The van der Waals surface area contributed by atoms with E-state index in [9.17, 15) is 19.2 Å². The molecule has 0 spiro atoms. The number of carbonyl (C=O) groups excluding carboxylic acids is 4. The summed E-state index contributed by atoms with van der Waals surface area (Å²) in [5, 5.41) is 5.75. The fourth-order valence-electron chi connectivity index (χ4n) is 5.29. The number of amides is 3. The second-order valence-electron chi connectivity index (χ2n) is 10.6. The van der Waals surface area contributed by atoms with E-state index in [0.717, 1.165) is 11.1 Å². The van der Waals surface area contributed by atoms with Gasteiger partial charge in [-0.15, -0.1) is 0 Å². The third kappa shape index (κ3) is 7.61. The Labute approximate surface area is 235 Å². The van der Waals surface area contributed by atoms with Gasteiger partial charge >= 0.3 is 5.97 Å². The van der Waals surface area contributed by atoms with Crippen LogP contribution in [0.2, 0.25) is 0 Å². The van der Waals surface area contributed by atoms with Gasteiger partial charge in [0.2, 0.25) is 17.7 Å². The van der Waals surface area contributed by atoms with Crippen molar-refractivity contribution in [3.63, 3.8) is 0 Å². The smallest absolute Gasteiger partial charge is 0.328 e. The Kier molecular flexibility index (Phi) is 10.2. The van der Waals surface area contributed by atoms with Gasteiger partial charge < -0.3 is 25.0 Å². The normalized spacial score (nSPS) is 24.6. The largest absolute Gasteiger partial charge is 0.494 e. The fraction of sp³-hybridized carbons (Fsp3) is 0.484. The molecule has 9 heteroatoms. The van der Waals surface area contributed by atoms with Crippen LogP contribution in [-0.4, -0.2) is 67.0 Å². The van der Waals surface area contributed by atoms with E-state index in [1.165, 1.54) is 7.11 Å². The second kappa shape index (κ2) is 14.0. The third-order valence-corrected chi connectivity index (χ3v) is 7.67. The van der Waals surface area contributed by atoms with Gasteiger partial charge in [-0.1, -0.05) is 49.4 Å². The summed E-state index contributed by atoms with van der Waals surface area (Å²) in [7, 11) is 1.29. The van der Waals surface area contributed by atoms with Crippen LogP contribution in [0, 0.1) is 5.92 Å². The summed E-state index contributed by atoms with van der Waals surface area (Å²) in [5.74, 6) is -0.943. The van der Waals surface area contributed by atoms with E-state index in [1.54, 1.807) is 4.90 Å². The molecule has 2 bridgehead atoms. The Balaban J connectivity index is 1.64. The molecule has 2 heterocycles. The first kappa shape index (κ1) is 29.1. The van der Waals surface area contributed by atoms with Crippen LogP contribution in [0.5, 0.6) is 5.75 Å². The number of esters is 1. The van der Waals surface area contributed by atoms with E-state index in [0.29, 0.717) is 63.8 Å².